The second-order valence-corrected chi connectivity index (χ2v) is 6.86. The lowest BCUT2D eigenvalue weighted by molar-refractivity contribution is -0.141. The summed E-state index contributed by atoms with van der Waals surface area (Å²) in [7, 11) is 0. The molecule has 0 amide bonds. The third kappa shape index (κ3) is 3.17. The molecule has 26 heavy (non-hydrogen) atoms. The van der Waals surface area contributed by atoms with Gasteiger partial charge in [0.15, 0.2) is 0 Å². The molecule has 2 atom stereocenters. The predicted molar refractivity (Wildman–Crippen MR) is 89.9 cm³/mol. The molecule has 0 bridgehead atoms. The van der Waals surface area contributed by atoms with Crippen LogP contribution >= 0.6 is 0 Å². The number of nitrogens with zero attached hydrogens (tertiary/aromatic N) is 6. The van der Waals surface area contributed by atoms with Crippen molar-refractivity contribution in [1.82, 2.24) is 19.9 Å². The molecule has 0 aliphatic carbocycles. The Kier molecular flexibility index (Phi) is 4.16. The van der Waals surface area contributed by atoms with Crippen LogP contribution in [0.4, 0.5) is 24.9 Å². The van der Waals surface area contributed by atoms with Crippen molar-refractivity contribution in [2.24, 2.45) is 5.92 Å². The molecule has 0 saturated carbocycles. The van der Waals surface area contributed by atoms with Crippen LogP contribution in [-0.2, 0) is 6.18 Å². The van der Waals surface area contributed by atoms with Gasteiger partial charge in [0.1, 0.15) is 17.8 Å². The van der Waals surface area contributed by atoms with Crippen molar-refractivity contribution in [3.63, 3.8) is 0 Å². The maximum Gasteiger partial charge on any atom is 0.433 e. The smallest absolute Gasteiger partial charge is 0.354 e. The van der Waals surface area contributed by atoms with E-state index >= 15 is 0 Å². The molecule has 4 heterocycles. The number of aryl methyl sites for hydroxylation is 1. The van der Waals surface area contributed by atoms with E-state index in [4.69, 9.17) is 0 Å². The van der Waals surface area contributed by atoms with Crippen LogP contribution in [0.15, 0.2) is 24.8 Å². The summed E-state index contributed by atoms with van der Waals surface area (Å²) in [5, 5.41) is 0. The van der Waals surface area contributed by atoms with Gasteiger partial charge in [-0.1, -0.05) is 0 Å². The van der Waals surface area contributed by atoms with Crippen LogP contribution in [0.2, 0.25) is 0 Å². The summed E-state index contributed by atoms with van der Waals surface area (Å²) in [6.45, 7) is 4.10. The van der Waals surface area contributed by atoms with E-state index in [0.29, 0.717) is 30.8 Å². The van der Waals surface area contributed by atoms with Crippen LogP contribution in [-0.4, -0.2) is 45.6 Å². The Hall–Kier alpha value is -2.45. The molecule has 6 nitrogen and oxygen atoms in total. The van der Waals surface area contributed by atoms with Crippen molar-refractivity contribution in [2.45, 2.75) is 32.0 Å². The molecule has 0 radical (unpaired) electrons. The van der Waals surface area contributed by atoms with E-state index in [2.05, 4.69) is 24.8 Å². The minimum atomic E-state index is -4.47. The van der Waals surface area contributed by atoms with Gasteiger partial charge in [0, 0.05) is 38.1 Å². The molecule has 2 aliphatic heterocycles. The first kappa shape index (κ1) is 17.0. The number of piperidine rings is 1. The Morgan fingerprint density at radius 1 is 1.04 bits per heavy atom. The first-order valence-electron chi connectivity index (χ1n) is 8.61. The molecule has 2 aromatic heterocycles. The minimum absolute atomic E-state index is 0.177. The zero-order valence-corrected chi connectivity index (χ0v) is 14.3. The van der Waals surface area contributed by atoms with Crippen molar-refractivity contribution in [1.29, 1.82) is 0 Å². The number of alkyl halides is 3. The summed E-state index contributed by atoms with van der Waals surface area (Å²) in [6.07, 6.45) is 2.06. The third-order valence-corrected chi connectivity index (χ3v) is 5.15. The average Bonchev–Trinajstić information content (AvgIpc) is 3.05. The second-order valence-electron chi connectivity index (χ2n) is 6.86. The van der Waals surface area contributed by atoms with Crippen molar-refractivity contribution >= 4 is 11.8 Å². The molecule has 138 valence electrons. The van der Waals surface area contributed by atoms with Crippen LogP contribution in [0.1, 0.15) is 24.1 Å². The molecule has 0 spiro atoms. The predicted octanol–water partition coefficient (Wildman–Crippen LogP) is 2.70. The number of rotatable bonds is 2. The minimum Gasteiger partial charge on any atom is -0.354 e. The first-order chi connectivity index (χ1) is 12.4. The molecule has 2 unspecified atom stereocenters. The van der Waals surface area contributed by atoms with Crippen LogP contribution in [0, 0.1) is 12.8 Å². The van der Waals surface area contributed by atoms with Crippen molar-refractivity contribution < 1.29 is 13.2 Å². The summed E-state index contributed by atoms with van der Waals surface area (Å²) in [4.78, 5) is 20.3. The van der Waals surface area contributed by atoms with E-state index in [1.807, 2.05) is 11.8 Å². The summed E-state index contributed by atoms with van der Waals surface area (Å²) < 4.78 is 38.8. The fourth-order valence-electron chi connectivity index (χ4n) is 3.81. The highest BCUT2D eigenvalue weighted by Gasteiger charge is 2.40. The number of hydrogen-bond donors (Lipinski definition) is 0. The number of fused-ring (bicyclic) bond motifs is 1. The largest absolute Gasteiger partial charge is 0.433 e. The topological polar surface area (TPSA) is 58.0 Å². The van der Waals surface area contributed by atoms with E-state index in [1.54, 1.807) is 12.4 Å². The molecule has 2 fully saturated rings. The lowest BCUT2D eigenvalue weighted by atomic mass is 9.92. The van der Waals surface area contributed by atoms with Gasteiger partial charge in [-0.3, -0.25) is 0 Å². The van der Waals surface area contributed by atoms with Crippen LogP contribution in [0.5, 0.6) is 0 Å². The number of anilines is 2. The number of hydrogen-bond acceptors (Lipinski definition) is 6. The number of halogens is 3. The molecule has 9 heteroatoms. The highest BCUT2D eigenvalue weighted by molar-refractivity contribution is 5.43. The van der Waals surface area contributed by atoms with E-state index < -0.39 is 11.9 Å². The standard InChI is InChI=1S/C17H19F3N6/c1-11-7-21-16(22-8-11)26-5-3-12-2-4-25(9-13(12)26)15-6-14(17(18,19)20)23-10-24-15/h6-8,10,12-13H,2-5,9H2,1H3. The maximum absolute atomic E-state index is 12.9. The fraction of sp³-hybridized carbons (Fsp3) is 0.529. The quantitative estimate of drug-likeness (QED) is 0.817. The van der Waals surface area contributed by atoms with Gasteiger partial charge in [0.2, 0.25) is 5.95 Å². The summed E-state index contributed by atoms with van der Waals surface area (Å²) in [6, 6.07) is 1.21. The Bertz CT molecular complexity index is 779. The molecule has 2 aromatic rings. The molecule has 2 aliphatic rings. The van der Waals surface area contributed by atoms with Gasteiger partial charge in [0.25, 0.3) is 0 Å². The summed E-state index contributed by atoms with van der Waals surface area (Å²) in [5.74, 6) is 1.51. The molecule has 0 aromatic carbocycles. The fourth-order valence-corrected chi connectivity index (χ4v) is 3.81. The molecular formula is C17H19F3N6. The summed E-state index contributed by atoms with van der Waals surface area (Å²) >= 11 is 0. The highest BCUT2D eigenvalue weighted by atomic mass is 19.4. The van der Waals surface area contributed by atoms with Crippen LogP contribution in [0.25, 0.3) is 0 Å². The van der Waals surface area contributed by atoms with E-state index in [-0.39, 0.29) is 6.04 Å². The Morgan fingerprint density at radius 2 is 1.77 bits per heavy atom. The maximum atomic E-state index is 12.9. The van der Waals surface area contributed by atoms with Gasteiger partial charge in [-0.25, -0.2) is 19.9 Å². The SMILES string of the molecule is Cc1cnc(N2CCC3CCN(c4cc(C(F)(F)F)ncn4)CC32)nc1. The van der Waals surface area contributed by atoms with Crippen molar-refractivity contribution in [2.75, 3.05) is 29.4 Å². The van der Waals surface area contributed by atoms with Gasteiger partial charge in [-0.15, -0.1) is 0 Å². The lowest BCUT2D eigenvalue weighted by Gasteiger charge is -2.39. The Labute approximate surface area is 149 Å². The van der Waals surface area contributed by atoms with Gasteiger partial charge >= 0.3 is 6.18 Å². The van der Waals surface area contributed by atoms with E-state index in [1.165, 1.54) is 0 Å². The molecule has 0 N–H and O–H groups in total. The third-order valence-electron chi connectivity index (χ3n) is 5.15. The Balaban J connectivity index is 1.56. The Morgan fingerprint density at radius 3 is 2.50 bits per heavy atom. The first-order valence-corrected chi connectivity index (χ1v) is 8.61. The number of aromatic nitrogens is 4. The summed E-state index contributed by atoms with van der Waals surface area (Å²) in [5.41, 5.74) is 0.0882. The zero-order chi connectivity index (χ0) is 18.3. The molecule has 4 rings (SSSR count). The van der Waals surface area contributed by atoms with Crippen LogP contribution < -0.4 is 9.80 Å². The molecule has 2 saturated heterocycles. The zero-order valence-electron chi connectivity index (χ0n) is 14.3. The second kappa shape index (κ2) is 6.37. The lowest BCUT2D eigenvalue weighted by Crippen LogP contribution is -2.49. The monoisotopic (exact) mass is 364 g/mol. The van der Waals surface area contributed by atoms with Gasteiger partial charge in [-0.05, 0) is 31.2 Å². The van der Waals surface area contributed by atoms with E-state index in [0.717, 1.165) is 37.3 Å². The van der Waals surface area contributed by atoms with Crippen molar-refractivity contribution in [3.8, 4) is 0 Å². The normalized spacial score (nSPS) is 23.2. The molecular weight excluding hydrogens is 345 g/mol. The van der Waals surface area contributed by atoms with Crippen molar-refractivity contribution in [3.05, 3.63) is 36.0 Å². The van der Waals surface area contributed by atoms with Gasteiger partial charge in [0.05, 0.1) is 6.04 Å². The average molecular weight is 364 g/mol. The van der Waals surface area contributed by atoms with Crippen LogP contribution in [0.3, 0.4) is 0 Å². The highest BCUT2D eigenvalue weighted by Crippen LogP contribution is 2.36. The van der Waals surface area contributed by atoms with Gasteiger partial charge in [-0.2, -0.15) is 13.2 Å². The van der Waals surface area contributed by atoms with E-state index in [9.17, 15) is 13.2 Å². The van der Waals surface area contributed by atoms with Gasteiger partial charge < -0.3 is 9.80 Å².